The van der Waals surface area contributed by atoms with Crippen LogP contribution in [0.5, 0.6) is 5.75 Å². The Balaban J connectivity index is 1.64. The van der Waals surface area contributed by atoms with E-state index >= 15 is 0 Å². The quantitative estimate of drug-likeness (QED) is 0.492. The Morgan fingerprint density at radius 3 is 2.77 bits per heavy atom. The number of aryl methyl sites for hydroxylation is 2. The number of carbonyl (C=O) groups is 1. The molecule has 2 N–H and O–H groups in total. The standard InChI is InChI=1S/C23H20FN5O2/c1-29-23(15(12-25)13-26-29)28-21(30)10-8-18-19-11-16(24)5-9-20(19)27-22(18)14-3-6-17(31-2)7-4-14/h3-7,9,11,13,27H,8,10H2,1-2H3,(H,28,30). The Morgan fingerprint density at radius 2 is 2.06 bits per heavy atom. The topological polar surface area (TPSA) is 95.7 Å². The van der Waals surface area contributed by atoms with Crippen molar-refractivity contribution in [1.29, 1.82) is 5.26 Å². The molecule has 2 heterocycles. The molecule has 7 nitrogen and oxygen atoms in total. The van der Waals surface area contributed by atoms with Crippen molar-refractivity contribution in [2.75, 3.05) is 12.4 Å². The van der Waals surface area contributed by atoms with Crippen molar-refractivity contribution in [3.05, 3.63) is 65.6 Å². The van der Waals surface area contributed by atoms with Crippen molar-refractivity contribution in [3.63, 3.8) is 0 Å². The molecular weight excluding hydrogens is 397 g/mol. The Hall–Kier alpha value is -4.12. The third-order valence-electron chi connectivity index (χ3n) is 5.17. The second-order valence-electron chi connectivity index (χ2n) is 7.09. The lowest BCUT2D eigenvalue weighted by Gasteiger charge is -2.08. The number of ether oxygens (including phenoxy) is 1. The number of rotatable bonds is 6. The van der Waals surface area contributed by atoms with Gasteiger partial charge in [0.05, 0.1) is 13.3 Å². The minimum absolute atomic E-state index is 0.155. The summed E-state index contributed by atoms with van der Waals surface area (Å²) < 4.78 is 20.6. The number of benzene rings is 2. The molecule has 0 aliphatic carbocycles. The zero-order valence-electron chi connectivity index (χ0n) is 17.1. The molecular formula is C23H20FN5O2. The summed E-state index contributed by atoms with van der Waals surface area (Å²) in [5.74, 6) is 0.489. The van der Waals surface area contributed by atoms with E-state index in [0.29, 0.717) is 17.8 Å². The van der Waals surface area contributed by atoms with Gasteiger partial charge in [0.15, 0.2) is 0 Å². The van der Waals surface area contributed by atoms with Crippen LogP contribution in [0.3, 0.4) is 0 Å². The highest BCUT2D eigenvalue weighted by atomic mass is 19.1. The summed E-state index contributed by atoms with van der Waals surface area (Å²) >= 11 is 0. The van der Waals surface area contributed by atoms with Crippen LogP contribution in [0.4, 0.5) is 10.2 Å². The van der Waals surface area contributed by atoms with E-state index in [2.05, 4.69) is 15.4 Å². The summed E-state index contributed by atoms with van der Waals surface area (Å²) in [6.07, 6.45) is 1.94. The van der Waals surface area contributed by atoms with E-state index in [1.807, 2.05) is 30.3 Å². The van der Waals surface area contributed by atoms with Crippen LogP contribution in [-0.4, -0.2) is 27.8 Å². The van der Waals surface area contributed by atoms with Crippen LogP contribution in [0.25, 0.3) is 22.2 Å². The Morgan fingerprint density at radius 1 is 1.29 bits per heavy atom. The lowest BCUT2D eigenvalue weighted by Crippen LogP contribution is -2.15. The number of aromatic amines is 1. The number of carbonyl (C=O) groups excluding carboxylic acids is 1. The summed E-state index contributed by atoms with van der Waals surface area (Å²) in [6, 6.07) is 14.1. The molecule has 0 aliphatic rings. The van der Waals surface area contributed by atoms with Crippen LogP contribution in [0.2, 0.25) is 0 Å². The van der Waals surface area contributed by atoms with E-state index in [0.717, 1.165) is 33.5 Å². The van der Waals surface area contributed by atoms with E-state index < -0.39 is 0 Å². The molecule has 2 aromatic carbocycles. The largest absolute Gasteiger partial charge is 0.497 e. The number of hydrogen-bond acceptors (Lipinski definition) is 4. The fourth-order valence-corrected chi connectivity index (χ4v) is 3.58. The fraction of sp³-hybridized carbons (Fsp3) is 0.174. The lowest BCUT2D eigenvalue weighted by molar-refractivity contribution is -0.116. The van der Waals surface area contributed by atoms with Gasteiger partial charge in [0.25, 0.3) is 0 Å². The van der Waals surface area contributed by atoms with Gasteiger partial charge in [-0.2, -0.15) is 10.4 Å². The first-order valence-corrected chi connectivity index (χ1v) is 9.66. The van der Waals surface area contributed by atoms with Crippen LogP contribution in [-0.2, 0) is 18.3 Å². The van der Waals surface area contributed by atoms with Crippen LogP contribution in [0.15, 0.2) is 48.7 Å². The molecule has 0 saturated carbocycles. The average molecular weight is 417 g/mol. The summed E-state index contributed by atoms with van der Waals surface area (Å²) in [4.78, 5) is 15.9. The molecule has 0 atom stereocenters. The number of methoxy groups -OCH3 is 1. The molecule has 4 rings (SSSR count). The van der Waals surface area contributed by atoms with E-state index in [-0.39, 0.29) is 18.1 Å². The van der Waals surface area contributed by atoms with Crippen LogP contribution >= 0.6 is 0 Å². The fourth-order valence-electron chi connectivity index (χ4n) is 3.58. The maximum atomic E-state index is 14.0. The predicted octanol–water partition coefficient (Wildman–Crippen LogP) is 4.16. The van der Waals surface area contributed by atoms with Crippen molar-refractivity contribution < 1.29 is 13.9 Å². The summed E-state index contributed by atoms with van der Waals surface area (Å²) in [5, 5.41) is 16.6. The zero-order valence-corrected chi connectivity index (χ0v) is 17.1. The predicted molar refractivity (Wildman–Crippen MR) is 115 cm³/mol. The minimum Gasteiger partial charge on any atom is -0.497 e. The van der Waals surface area contributed by atoms with E-state index in [1.165, 1.54) is 23.0 Å². The number of nitriles is 1. The number of H-pyrrole nitrogens is 1. The molecule has 4 aromatic rings. The average Bonchev–Trinajstić information content (AvgIpc) is 3.32. The monoisotopic (exact) mass is 417 g/mol. The molecule has 1 amide bonds. The van der Waals surface area contributed by atoms with Gasteiger partial charge in [-0.15, -0.1) is 0 Å². The van der Waals surface area contributed by atoms with Gasteiger partial charge in [0, 0.05) is 30.1 Å². The number of halogens is 1. The summed E-state index contributed by atoms with van der Waals surface area (Å²) in [5.41, 5.74) is 3.67. The molecule has 31 heavy (non-hydrogen) atoms. The Labute approximate surface area is 178 Å². The molecule has 0 aliphatic heterocycles. The van der Waals surface area contributed by atoms with Crippen molar-refractivity contribution in [3.8, 4) is 23.1 Å². The molecule has 8 heteroatoms. The molecule has 156 valence electrons. The number of amides is 1. The first kappa shape index (κ1) is 20.2. The number of fused-ring (bicyclic) bond motifs is 1. The third kappa shape index (κ3) is 3.98. The SMILES string of the molecule is COc1ccc(-c2[nH]c3ccc(F)cc3c2CCC(=O)Nc2c(C#N)cnn2C)cc1. The van der Waals surface area contributed by atoms with Gasteiger partial charge < -0.3 is 15.0 Å². The van der Waals surface area contributed by atoms with Gasteiger partial charge in [-0.05, 0) is 60.0 Å². The molecule has 0 spiro atoms. The summed E-state index contributed by atoms with van der Waals surface area (Å²) in [7, 11) is 3.26. The van der Waals surface area contributed by atoms with Crippen LogP contribution in [0, 0.1) is 17.1 Å². The maximum Gasteiger partial charge on any atom is 0.225 e. The number of nitrogens with zero attached hydrogens (tertiary/aromatic N) is 3. The Bertz CT molecular complexity index is 1300. The normalized spacial score (nSPS) is 10.8. The maximum absolute atomic E-state index is 14.0. The molecule has 2 aromatic heterocycles. The third-order valence-corrected chi connectivity index (χ3v) is 5.17. The van der Waals surface area contributed by atoms with Gasteiger partial charge in [0.1, 0.15) is 29.0 Å². The van der Waals surface area contributed by atoms with Crippen molar-refractivity contribution in [1.82, 2.24) is 14.8 Å². The second-order valence-corrected chi connectivity index (χ2v) is 7.09. The van der Waals surface area contributed by atoms with Crippen molar-refractivity contribution >= 4 is 22.6 Å². The highest BCUT2D eigenvalue weighted by Crippen LogP contribution is 2.33. The van der Waals surface area contributed by atoms with Crippen LogP contribution < -0.4 is 10.1 Å². The molecule has 0 unspecified atom stereocenters. The zero-order chi connectivity index (χ0) is 22.0. The Kier molecular flexibility index (Phi) is 5.41. The van der Waals surface area contributed by atoms with E-state index in [9.17, 15) is 9.18 Å². The van der Waals surface area contributed by atoms with Gasteiger partial charge in [-0.3, -0.25) is 9.48 Å². The number of nitrogens with one attached hydrogen (secondary N) is 2. The molecule has 0 radical (unpaired) electrons. The number of anilines is 1. The van der Waals surface area contributed by atoms with Crippen LogP contribution in [0.1, 0.15) is 17.5 Å². The smallest absolute Gasteiger partial charge is 0.225 e. The summed E-state index contributed by atoms with van der Waals surface area (Å²) in [6.45, 7) is 0. The van der Waals surface area contributed by atoms with Gasteiger partial charge in [-0.1, -0.05) is 0 Å². The first-order valence-electron chi connectivity index (χ1n) is 9.66. The highest BCUT2D eigenvalue weighted by Gasteiger charge is 2.17. The highest BCUT2D eigenvalue weighted by molar-refractivity contribution is 5.94. The molecule has 0 saturated heterocycles. The molecule has 0 fully saturated rings. The van der Waals surface area contributed by atoms with Gasteiger partial charge in [-0.25, -0.2) is 4.39 Å². The number of hydrogen-bond donors (Lipinski definition) is 2. The van der Waals surface area contributed by atoms with Crippen molar-refractivity contribution in [2.24, 2.45) is 7.05 Å². The van der Waals surface area contributed by atoms with E-state index in [1.54, 1.807) is 20.2 Å². The van der Waals surface area contributed by atoms with E-state index in [4.69, 9.17) is 10.00 Å². The second kappa shape index (κ2) is 8.32. The van der Waals surface area contributed by atoms with Gasteiger partial charge >= 0.3 is 0 Å². The first-order chi connectivity index (χ1) is 15.0. The lowest BCUT2D eigenvalue weighted by atomic mass is 10.0. The number of aromatic nitrogens is 3. The molecule has 0 bridgehead atoms. The minimum atomic E-state index is -0.341. The van der Waals surface area contributed by atoms with Gasteiger partial charge in [0.2, 0.25) is 5.91 Å². The van der Waals surface area contributed by atoms with Crippen molar-refractivity contribution in [2.45, 2.75) is 12.8 Å².